The summed E-state index contributed by atoms with van der Waals surface area (Å²) < 4.78 is 0. The molecule has 25 heavy (non-hydrogen) atoms. The Kier molecular flexibility index (Phi) is 4.01. The van der Waals surface area contributed by atoms with E-state index in [0.717, 1.165) is 23.1 Å². The van der Waals surface area contributed by atoms with Crippen LogP contribution in [0.15, 0.2) is 29.6 Å². The van der Waals surface area contributed by atoms with Crippen molar-refractivity contribution in [1.29, 1.82) is 0 Å². The molecule has 2 heterocycles. The molecule has 7 heteroatoms. The summed E-state index contributed by atoms with van der Waals surface area (Å²) in [4.78, 5) is 11.1. The predicted molar refractivity (Wildman–Crippen MR) is 99.7 cm³/mol. The Morgan fingerprint density at radius 3 is 2.92 bits per heavy atom. The van der Waals surface area contributed by atoms with E-state index in [-0.39, 0.29) is 11.5 Å². The molecule has 128 valence electrons. The third kappa shape index (κ3) is 2.91. The monoisotopic (exact) mass is 354 g/mol. The van der Waals surface area contributed by atoms with E-state index in [2.05, 4.69) is 20.5 Å². The molecule has 2 aromatic heterocycles. The van der Waals surface area contributed by atoms with Gasteiger partial charge in [0.05, 0.1) is 11.1 Å². The first kappa shape index (κ1) is 15.8. The number of aromatic nitrogens is 2. The third-order valence-electron chi connectivity index (χ3n) is 4.45. The van der Waals surface area contributed by atoms with Gasteiger partial charge in [-0.2, -0.15) is 5.10 Å². The Morgan fingerprint density at radius 1 is 1.20 bits per heavy atom. The molecule has 1 aliphatic carbocycles. The second-order valence-corrected chi connectivity index (χ2v) is 7.21. The van der Waals surface area contributed by atoms with E-state index in [4.69, 9.17) is 0 Å². The smallest absolute Gasteiger partial charge is 0.158 e. The number of aromatic hydroxyl groups is 2. The highest BCUT2D eigenvalue weighted by atomic mass is 32.1. The fraction of sp³-hybridized carbons (Fsp3) is 0.278. The van der Waals surface area contributed by atoms with Crippen molar-refractivity contribution in [3.8, 4) is 11.5 Å². The van der Waals surface area contributed by atoms with Crippen molar-refractivity contribution in [2.75, 3.05) is 5.43 Å². The first-order valence-corrected chi connectivity index (χ1v) is 9.03. The van der Waals surface area contributed by atoms with Crippen LogP contribution in [-0.2, 0) is 12.8 Å². The van der Waals surface area contributed by atoms with Gasteiger partial charge in [-0.3, -0.25) is 5.43 Å². The number of hydrogen-bond donors (Lipinski definition) is 3. The van der Waals surface area contributed by atoms with Crippen LogP contribution in [0.1, 0.15) is 35.8 Å². The van der Waals surface area contributed by atoms with Gasteiger partial charge in [0, 0.05) is 10.4 Å². The summed E-state index contributed by atoms with van der Waals surface area (Å²) in [6.45, 7) is 1.77. The number of benzene rings is 1. The van der Waals surface area contributed by atoms with Crippen LogP contribution in [0.4, 0.5) is 5.82 Å². The lowest BCUT2D eigenvalue weighted by Crippen LogP contribution is -2.03. The Labute approximate surface area is 148 Å². The summed E-state index contributed by atoms with van der Waals surface area (Å²) >= 11 is 1.74. The first-order chi connectivity index (χ1) is 12.1. The molecule has 0 bridgehead atoms. The van der Waals surface area contributed by atoms with E-state index < -0.39 is 0 Å². The van der Waals surface area contributed by atoms with Crippen LogP contribution in [-0.4, -0.2) is 25.9 Å². The van der Waals surface area contributed by atoms with Gasteiger partial charge >= 0.3 is 0 Å². The fourth-order valence-electron chi connectivity index (χ4n) is 3.19. The SMILES string of the molecule is C/C(=N\Nc1ncnc2sc3c(c12)CCCC3)c1cc(O)ccc1O. The number of hydrogen-bond acceptors (Lipinski definition) is 7. The maximum Gasteiger partial charge on any atom is 0.158 e. The Morgan fingerprint density at radius 2 is 2.04 bits per heavy atom. The van der Waals surface area contributed by atoms with Crippen molar-refractivity contribution < 1.29 is 10.2 Å². The van der Waals surface area contributed by atoms with Gasteiger partial charge in [-0.1, -0.05) is 0 Å². The molecule has 3 N–H and O–H groups in total. The van der Waals surface area contributed by atoms with Crippen LogP contribution < -0.4 is 5.43 Å². The molecule has 0 aliphatic heterocycles. The molecule has 0 saturated heterocycles. The molecule has 0 fully saturated rings. The summed E-state index contributed by atoms with van der Waals surface area (Å²) in [5.41, 5.74) is 5.39. The molecule has 0 radical (unpaired) electrons. The minimum absolute atomic E-state index is 0.0709. The zero-order chi connectivity index (χ0) is 17.4. The van der Waals surface area contributed by atoms with Gasteiger partial charge in [-0.15, -0.1) is 11.3 Å². The molecule has 1 aliphatic rings. The van der Waals surface area contributed by atoms with Gasteiger partial charge in [0.15, 0.2) is 5.82 Å². The Bertz CT molecular complexity index is 981. The van der Waals surface area contributed by atoms with E-state index in [1.165, 1.54) is 41.5 Å². The Hall–Kier alpha value is -2.67. The zero-order valence-corrected chi connectivity index (χ0v) is 14.6. The second-order valence-electron chi connectivity index (χ2n) is 6.12. The lowest BCUT2D eigenvalue weighted by Gasteiger charge is -2.11. The van der Waals surface area contributed by atoms with E-state index in [1.54, 1.807) is 24.6 Å². The number of fused-ring (bicyclic) bond motifs is 3. The molecule has 4 rings (SSSR count). The third-order valence-corrected chi connectivity index (χ3v) is 5.65. The normalized spacial score (nSPS) is 14.5. The van der Waals surface area contributed by atoms with Gasteiger partial charge in [-0.05, 0) is 56.4 Å². The van der Waals surface area contributed by atoms with Gasteiger partial charge in [0.1, 0.15) is 22.7 Å². The number of thiophene rings is 1. The topological polar surface area (TPSA) is 90.6 Å². The maximum absolute atomic E-state index is 9.96. The minimum atomic E-state index is 0.0709. The summed E-state index contributed by atoms with van der Waals surface area (Å²) in [7, 11) is 0. The molecular formula is C18H18N4O2S. The van der Waals surface area contributed by atoms with Crippen LogP contribution in [0.3, 0.4) is 0 Å². The first-order valence-electron chi connectivity index (χ1n) is 8.21. The zero-order valence-electron chi connectivity index (χ0n) is 13.8. The number of hydrazone groups is 1. The van der Waals surface area contributed by atoms with Gasteiger partial charge in [0.2, 0.25) is 0 Å². The van der Waals surface area contributed by atoms with Crippen LogP contribution in [0.5, 0.6) is 11.5 Å². The number of anilines is 1. The number of phenols is 2. The van der Waals surface area contributed by atoms with Crippen LogP contribution in [0, 0.1) is 0 Å². The van der Waals surface area contributed by atoms with Crippen LogP contribution in [0.25, 0.3) is 10.2 Å². The highest BCUT2D eigenvalue weighted by Gasteiger charge is 2.19. The number of phenolic OH excluding ortho intramolecular Hbond substituents is 2. The molecule has 1 aromatic carbocycles. The molecule has 6 nitrogen and oxygen atoms in total. The quantitative estimate of drug-likeness (QED) is 0.378. The molecule has 3 aromatic rings. The average molecular weight is 354 g/mol. The van der Waals surface area contributed by atoms with Crippen molar-refractivity contribution >= 4 is 33.1 Å². The van der Waals surface area contributed by atoms with Gasteiger partial charge in [-0.25, -0.2) is 9.97 Å². The molecule has 0 unspecified atom stereocenters. The highest BCUT2D eigenvalue weighted by Crippen LogP contribution is 2.38. The average Bonchev–Trinajstić information content (AvgIpc) is 3.01. The standard InChI is InChI=1S/C18H18N4O2S/c1-10(13-8-11(23)6-7-14(13)24)21-22-17-16-12-4-2-3-5-15(12)25-18(16)20-9-19-17/h6-9,23-24H,2-5H2,1H3,(H,19,20,22)/b21-10+. The molecule has 0 saturated carbocycles. The lowest BCUT2D eigenvalue weighted by atomic mass is 9.97. The van der Waals surface area contributed by atoms with Crippen molar-refractivity contribution in [3.63, 3.8) is 0 Å². The lowest BCUT2D eigenvalue weighted by molar-refractivity contribution is 0.459. The van der Waals surface area contributed by atoms with Crippen molar-refractivity contribution in [1.82, 2.24) is 9.97 Å². The summed E-state index contributed by atoms with van der Waals surface area (Å²) in [5, 5.41) is 25.0. The largest absolute Gasteiger partial charge is 0.508 e. The molecule has 0 spiro atoms. The summed E-state index contributed by atoms with van der Waals surface area (Å²) in [6, 6.07) is 4.37. The summed E-state index contributed by atoms with van der Waals surface area (Å²) in [5.74, 6) is 0.837. The van der Waals surface area contributed by atoms with Gasteiger partial charge in [0.25, 0.3) is 0 Å². The van der Waals surface area contributed by atoms with E-state index in [0.29, 0.717) is 17.1 Å². The van der Waals surface area contributed by atoms with E-state index in [1.807, 2.05) is 0 Å². The van der Waals surface area contributed by atoms with Crippen molar-refractivity contribution in [3.05, 3.63) is 40.5 Å². The molecular weight excluding hydrogens is 336 g/mol. The second kappa shape index (κ2) is 6.33. The van der Waals surface area contributed by atoms with Crippen LogP contribution in [0.2, 0.25) is 0 Å². The predicted octanol–water partition coefficient (Wildman–Crippen LogP) is 3.82. The number of nitrogens with one attached hydrogen (secondary N) is 1. The number of nitrogens with zero attached hydrogens (tertiary/aromatic N) is 3. The number of aryl methyl sites for hydroxylation is 2. The molecule has 0 atom stereocenters. The maximum atomic E-state index is 9.96. The van der Waals surface area contributed by atoms with Crippen LogP contribution >= 0.6 is 11.3 Å². The highest BCUT2D eigenvalue weighted by molar-refractivity contribution is 7.19. The molecule has 0 amide bonds. The van der Waals surface area contributed by atoms with E-state index >= 15 is 0 Å². The van der Waals surface area contributed by atoms with Crippen molar-refractivity contribution in [2.24, 2.45) is 5.10 Å². The van der Waals surface area contributed by atoms with E-state index in [9.17, 15) is 10.2 Å². The summed E-state index contributed by atoms with van der Waals surface area (Å²) in [6.07, 6.45) is 6.11. The Balaban J connectivity index is 1.71. The van der Waals surface area contributed by atoms with Gasteiger partial charge < -0.3 is 10.2 Å². The minimum Gasteiger partial charge on any atom is -0.508 e. The number of rotatable bonds is 3. The van der Waals surface area contributed by atoms with Crippen molar-refractivity contribution in [2.45, 2.75) is 32.6 Å². The fourth-order valence-corrected chi connectivity index (χ4v) is 4.41.